The average molecular weight is 264 g/mol. The molecule has 4 nitrogen and oxygen atoms in total. The van der Waals surface area contributed by atoms with Crippen LogP contribution in [0.3, 0.4) is 0 Å². The Kier molecular flexibility index (Phi) is 5.83. The van der Waals surface area contributed by atoms with Gasteiger partial charge in [-0.15, -0.1) is 0 Å². The Bertz CT molecular complexity index is 401. The average Bonchev–Trinajstić information content (AvgIpc) is 2.30. The Morgan fingerprint density at radius 2 is 1.84 bits per heavy atom. The van der Waals surface area contributed by atoms with E-state index in [-0.39, 0.29) is 11.9 Å². The van der Waals surface area contributed by atoms with Crippen molar-refractivity contribution in [3.8, 4) is 5.75 Å². The lowest BCUT2D eigenvalue weighted by Gasteiger charge is -2.30. The maximum Gasteiger partial charge on any atom is 0.224 e. The summed E-state index contributed by atoms with van der Waals surface area (Å²) >= 11 is 0. The summed E-state index contributed by atoms with van der Waals surface area (Å²) in [6, 6.07) is 7.79. The number of hydrogen-bond donors (Lipinski definition) is 0. The van der Waals surface area contributed by atoms with Gasteiger partial charge in [0, 0.05) is 25.2 Å². The zero-order chi connectivity index (χ0) is 14.4. The van der Waals surface area contributed by atoms with Gasteiger partial charge < -0.3 is 14.5 Å². The number of benzene rings is 1. The molecule has 0 N–H and O–H groups in total. The summed E-state index contributed by atoms with van der Waals surface area (Å²) in [6.45, 7) is 7.08. The van der Waals surface area contributed by atoms with E-state index in [1.807, 2.05) is 50.2 Å². The highest BCUT2D eigenvalue weighted by molar-refractivity contribution is 5.92. The summed E-state index contributed by atoms with van der Waals surface area (Å²) < 4.78 is 5.41. The maximum atomic E-state index is 11.9. The van der Waals surface area contributed by atoms with Crippen LogP contribution in [0.15, 0.2) is 24.3 Å². The lowest BCUT2D eigenvalue weighted by Crippen LogP contribution is -2.43. The van der Waals surface area contributed by atoms with Gasteiger partial charge in [0.2, 0.25) is 5.91 Å². The summed E-state index contributed by atoms with van der Waals surface area (Å²) in [5.74, 6) is 0.883. The second-order valence-corrected chi connectivity index (χ2v) is 4.93. The molecule has 0 heterocycles. The van der Waals surface area contributed by atoms with Crippen LogP contribution in [0.25, 0.3) is 0 Å². The maximum absolute atomic E-state index is 11.9. The van der Waals surface area contributed by atoms with E-state index in [2.05, 4.69) is 11.8 Å². The van der Waals surface area contributed by atoms with Gasteiger partial charge in [-0.25, -0.2) is 0 Å². The molecule has 1 atom stereocenters. The lowest BCUT2D eigenvalue weighted by molar-refractivity contribution is -0.117. The number of carbonyl (C=O) groups is 1. The Hall–Kier alpha value is -1.55. The quantitative estimate of drug-likeness (QED) is 0.791. The van der Waals surface area contributed by atoms with Crippen molar-refractivity contribution in [1.29, 1.82) is 0 Å². The van der Waals surface area contributed by atoms with E-state index in [1.54, 1.807) is 6.92 Å². The van der Waals surface area contributed by atoms with Crippen LogP contribution in [-0.2, 0) is 4.79 Å². The Morgan fingerprint density at radius 1 is 1.26 bits per heavy atom. The standard InChI is InChI=1S/C15H24N2O2/c1-6-19-15-9-7-14(8-10-15)17(13(3)18)12(2)11-16(4)5/h7-10,12H,6,11H2,1-5H3. The zero-order valence-electron chi connectivity index (χ0n) is 12.5. The van der Waals surface area contributed by atoms with Crippen molar-refractivity contribution in [2.24, 2.45) is 0 Å². The van der Waals surface area contributed by atoms with Gasteiger partial charge >= 0.3 is 0 Å². The first-order valence-electron chi connectivity index (χ1n) is 6.63. The van der Waals surface area contributed by atoms with Crippen molar-refractivity contribution >= 4 is 11.6 Å². The third-order valence-corrected chi connectivity index (χ3v) is 2.84. The molecule has 0 aromatic heterocycles. The van der Waals surface area contributed by atoms with Gasteiger partial charge in [-0.2, -0.15) is 0 Å². The molecule has 1 rings (SSSR count). The first-order valence-corrected chi connectivity index (χ1v) is 6.63. The first-order chi connectivity index (χ1) is 8.95. The molecule has 0 radical (unpaired) electrons. The Labute approximate surface area is 116 Å². The van der Waals surface area contributed by atoms with Gasteiger partial charge in [-0.1, -0.05) is 0 Å². The fourth-order valence-electron chi connectivity index (χ4n) is 2.23. The third-order valence-electron chi connectivity index (χ3n) is 2.84. The van der Waals surface area contributed by atoms with Crippen LogP contribution in [-0.4, -0.2) is 44.1 Å². The minimum atomic E-state index is 0.0542. The van der Waals surface area contributed by atoms with Gasteiger partial charge in [-0.3, -0.25) is 4.79 Å². The number of carbonyl (C=O) groups excluding carboxylic acids is 1. The second-order valence-electron chi connectivity index (χ2n) is 4.93. The van der Waals surface area contributed by atoms with Crippen molar-refractivity contribution in [3.05, 3.63) is 24.3 Å². The van der Waals surface area contributed by atoms with Crippen LogP contribution < -0.4 is 9.64 Å². The van der Waals surface area contributed by atoms with Crippen LogP contribution in [0.1, 0.15) is 20.8 Å². The molecular formula is C15H24N2O2. The lowest BCUT2D eigenvalue weighted by atomic mass is 10.2. The minimum Gasteiger partial charge on any atom is -0.494 e. The number of amides is 1. The number of nitrogens with zero attached hydrogens (tertiary/aromatic N) is 2. The highest BCUT2D eigenvalue weighted by Crippen LogP contribution is 2.21. The highest BCUT2D eigenvalue weighted by Gasteiger charge is 2.19. The number of rotatable bonds is 6. The SMILES string of the molecule is CCOc1ccc(N(C(C)=O)C(C)CN(C)C)cc1. The molecule has 0 saturated heterocycles. The topological polar surface area (TPSA) is 32.8 Å². The van der Waals surface area contributed by atoms with E-state index in [9.17, 15) is 4.79 Å². The predicted octanol–water partition coefficient (Wildman–Crippen LogP) is 2.39. The smallest absolute Gasteiger partial charge is 0.224 e. The van der Waals surface area contributed by atoms with Crippen LogP contribution in [0.5, 0.6) is 5.75 Å². The summed E-state index contributed by atoms with van der Waals surface area (Å²) in [6.07, 6.45) is 0. The van der Waals surface area contributed by atoms with E-state index in [4.69, 9.17) is 4.74 Å². The molecule has 0 saturated carbocycles. The fourth-order valence-corrected chi connectivity index (χ4v) is 2.23. The highest BCUT2D eigenvalue weighted by atomic mass is 16.5. The van der Waals surface area contributed by atoms with Gasteiger partial charge in [0.25, 0.3) is 0 Å². The largest absolute Gasteiger partial charge is 0.494 e. The van der Waals surface area contributed by atoms with Crippen LogP contribution in [0, 0.1) is 0 Å². The summed E-state index contributed by atoms with van der Waals surface area (Å²) in [7, 11) is 4.01. The van der Waals surface area contributed by atoms with Gasteiger partial charge in [-0.05, 0) is 52.2 Å². The Balaban J connectivity index is 2.89. The molecule has 1 amide bonds. The molecule has 0 aliphatic heterocycles. The second kappa shape index (κ2) is 7.14. The van der Waals surface area contributed by atoms with E-state index in [1.165, 1.54) is 0 Å². The van der Waals surface area contributed by atoms with E-state index in [0.717, 1.165) is 18.0 Å². The van der Waals surface area contributed by atoms with Crippen molar-refractivity contribution < 1.29 is 9.53 Å². The molecule has 19 heavy (non-hydrogen) atoms. The fraction of sp³-hybridized carbons (Fsp3) is 0.533. The Morgan fingerprint density at radius 3 is 2.26 bits per heavy atom. The van der Waals surface area contributed by atoms with Crippen molar-refractivity contribution in [2.45, 2.75) is 26.8 Å². The molecule has 0 bridgehead atoms. The molecule has 0 aliphatic carbocycles. The minimum absolute atomic E-state index is 0.0542. The molecule has 1 aromatic rings. The van der Waals surface area contributed by atoms with Crippen LogP contribution >= 0.6 is 0 Å². The molecular weight excluding hydrogens is 240 g/mol. The molecule has 0 spiro atoms. The number of ether oxygens (including phenoxy) is 1. The summed E-state index contributed by atoms with van der Waals surface area (Å²) in [5, 5.41) is 0. The number of hydrogen-bond acceptors (Lipinski definition) is 3. The van der Waals surface area contributed by atoms with E-state index < -0.39 is 0 Å². The summed E-state index contributed by atoms with van der Waals surface area (Å²) in [4.78, 5) is 15.7. The monoisotopic (exact) mass is 264 g/mol. The third kappa shape index (κ3) is 4.56. The van der Waals surface area contributed by atoms with Gasteiger partial charge in [0.1, 0.15) is 5.75 Å². The van der Waals surface area contributed by atoms with E-state index in [0.29, 0.717) is 6.61 Å². The van der Waals surface area contributed by atoms with Crippen molar-refractivity contribution in [2.75, 3.05) is 32.1 Å². The predicted molar refractivity (Wildman–Crippen MR) is 78.8 cm³/mol. The van der Waals surface area contributed by atoms with Gasteiger partial charge in [0.15, 0.2) is 0 Å². The first kappa shape index (κ1) is 15.5. The molecule has 4 heteroatoms. The zero-order valence-corrected chi connectivity index (χ0v) is 12.5. The number of anilines is 1. The van der Waals surface area contributed by atoms with Crippen LogP contribution in [0.4, 0.5) is 5.69 Å². The van der Waals surface area contributed by atoms with Crippen LogP contribution in [0.2, 0.25) is 0 Å². The summed E-state index contributed by atoms with van der Waals surface area (Å²) in [5.41, 5.74) is 0.908. The molecule has 0 aliphatic rings. The van der Waals surface area contributed by atoms with Crippen molar-refractivity contribution in [3.63, 3.8) is 0 Å². The van der Waals surface area contributed by atoms with Gasteiger partial charge in [0.05, 0.1) is 6.61 Å². The number of likely N-dealkylation sites (N-methyl/N-ethyl adjacent to an activating group) is 1. The molecule has 1 unspecified atom stereocenters. The normalized spacial score (nSPS) is 12.3. The van der Waals surface area contributed by atoms with E-state index >= 15 is 0 Å². The molecule has 1 aromatic carbocycles. The molecule has 106 valence electrons. The van der Waals surface area contributed by atoms with Crippen molar-refractivity contribution in [1.82, 2.24) is 4.90 Å². The molecule has 0 fully saturated rings.